The number of carbonyl (C=O) groups is 1. The van der Waals surface area contributed by atoms with Gasteiger partial charge in [0.2, 0.25) is 0 Å². The third-order valence-corrected chi connectivity index (χ3v) is 3.70. The summed E-state index contributed by atoms with van der Waals surface area (Å²) >= 11 is 0. The smallest absolute Gasteiger partial charge is 0.255 e. The number of halogens is 1. The fourth-order valence-corrected chi connectivity index (χ4v) is 2.40. The Morgan fingerprint density at radius 1 is 0.920 bits per heavy atom. The molecule has 0 fully saturated rings. The molecule has 0 saturated heterocycles. The number of rotatable bonds is 6. The van der Waals surface area contributed by atoms with Crippen LogP contribution < -0.4 is 10.1 Å². The molecule has 1 N–H and O–H groups in total. The molecule has 0 unspecified atom stereocenters. The number of benzene rings is 3. The minimum Gasteiger partial charge on any atom is -0.493 e. The second-order valence-corrected chi connectivity index (χ2v) is 5.57. The van der Waals surface area contributed by atoms with Gasteiger partial charge in [-0.1, -0.05) is 36.4 Å². The Hall–Kier alpha value is -3.14. The normalized spacial score (nSPS) is 10.3. The zero-order valence-electron chi connectivity index (χ0n) is 13.6. The van der Waals surface area contributed by atoms with Gasteiger partial charge >= 0.3 is 0 Å². The first-order valence-electron chi connectivity index (χ1n) is 8.04. The molecule has 3 aromatic carbocycles. The fraction of sp³-hybridized carbons (Fsp3) is 0.0952. The summed E-state index contributed by atoms with van der Waals surface area (Å²) in [4.78, 5) is 12.2. The lowest BCUT2D eigenvalue weighted by molar-refractivity contribution is 0.102. The number of anilines is 1. The highest BCUT2D eigenvalue weighted by molar-refractivity contribution is 6.04. The van der Waals surface area contributed by atoms with Gasteiger partial charge < -0.3 is 10.1 Å². The highest BCUT2D eigenvalue weighted by Crippen LogP contribution is 2.18. The third kappa shape index (κ3) is 4.91. The summed E-state index contributed by atoms with van der Waals surface area (Å²) in [7, 11) is 0. The van der Waals surface area contributed by atoms with Gasteiger partial charge in [-0.15, -0.1) is 0 Å². The first kappa shape index (κ1) is 16.7. The molecular formula is C21H18FNO2. The van der Waals surface area contributed by atoms with E-state index in [2.05, 4.69) is 17.4 Å². The lowest BCUT2D eigenvalue weighted by atomic mass is 10.2. The SMILES string of the molecule is O=C(Nc1cccc(OCCc2ccccc2)c1)c1ccc(F)cc1. The molecule has 0 heterocycles. The van der Waals surface area contributed by atoms with Crippen LogP contribution in [-0.2, 0) is 6.42 Å². The van der Waals surface area contributed by atoms with Crippen molar-refractivity contribution in [3.63, 3.8) is 0 Å². The molecule has 3 rings (SSSR count). The maximum absolute atomic E-state index is 12.9. The van der Waals surface area contributed by atoms with E-state index in [1.54, 1.807) is 12.1 Å². The zero-order valence-corrected chi connectivity index (χ0v) is 13.6. The lowest BCUT2D eigenvalue weighted by Gasteiger charge is -2.09. The van der Waals surface area contributed by atoms with E-state index >= 15 is 0 Å². The van der Waals surface area contributed by atoms with Crippen molar-refractivity contribution in [3.05, 3.63) is 95.8 Å². The van der Waals surface area contributed by atoms with E-state index < -0.39 is 0 Å². The Morgan fingerprint density at radius 3 is 2.44 bits per heavy atom. The van der Waals surface area contributed by atoms with Crippen LogP contribution in [0.3, 0.4) is 0 Å². The molecule has 0 radical (unpaired) electrons. The molecule has 3 aromatic rings. The standard InChI is InChI=1S/C21H18FNO2/c22-18-11-9-17(10-12-18)21(24)23-19-7-4-8-20(15-19)25-14-13-16-5-2-1-3-6-16/h1-12,15H,13-14H2,(H,23,24). The number of hydrogen-bond acceptors (Lipinski definition) is 2. The van der Waals surface area contributed by atoms with E-state index in [0.717, 1.165) is 6.42 Å². The van der Waals surface area contributed by atoms with Crippen molar-refractivity contribution in [1.82, 2.24) is 0 Å². The molecule has 126 valence electrons. The number of hydrogen-bond donors (Lipinski definition) is 1. The van der Waals surface area contributed by atoms with Crippen molar-refractivity contribution in [2.75, 3.05) is 11.9 Å². The molecule has 0 bridgehead atoms. The summed E-state index contributed by atoms with van der Waals surface area (Å²) in [6.07, 6.45) is 0.813. The number of amides is 1. The molecule has 25 heavy (non-hydrogen) atoms. The Kier molecular flexibility index (Phi) is 5.42. The summed E-state index contributed by atoms with van der Waals surface area (Å²) in [5.41, 5.74) is 2.24. The molecular weight excluding hydrogens is 317 g/mol. The minimum absolute atomic E-state index is 0.290. The maximum Gasteiger partial charge on any atom is 0.255 e. The fourth-order valence-electron chi connectivity index (χ4n) is 2.40. The van der Waals surface area contributed by atoms with E-state index in [-0.39, 0.29) is 11.7 Å². The van der Waals surface area contributed by atoms with Crippen molar-refractivity contribution >= 4 is 11.6 Å². The molecule has 0 atom stereocenters. The van der Waals surface area contributed by atoms with Gasteiger partial charge in [0.25, 0.3) is 5.91 Å². The van der Waals surface area contributed by atoms with Crippen molar-refractivity contribution in [3.8, 4) is 5.75 Å². The molecule has 1 amide bonds. The molecule has 4 heteroatoms. The van der Waals surface area contributed by atoms with E-state index in [4.69, 9.17) is 4.74 Å². The lowest BCUT2D eigenvalue weighted by Crippen LogP contribution is -2.12. The van der Waals surface area contributed by atoms with Crippen molar-refractivity contribution < 1.29 is 13.9 Å². The average molecular weight is 335 g/mol. The van der Waals surface area contributed by atoms with E-state index in [9.17, 15) is 9.18 Å². The summed E-state index contributed by atoms with van der Waals surface area (Å²) in [6, 6.07) is 22.7. The maximum atomic E-state index is 12.9. The van der Waals surface area contributed by atoms with Crippen LogP contribution in [0.15, 0.2) is 78.9 Å². The van der Waals surface area contributed by atoms with Gasteiger partial charge in [0, 0.05) is 23.7 Å². The van der Waals surface area contributed by atoms with Crippen molar-refractivity contribution in [1.29, 1.82) is 0 Å². The minimum atomic E-state index is -0.370. The largest absolute Gasteiger partial charge is 0.493 e. The molecule has 0 aliphatic heterocycles. The van der Waals surface area contributed by atoms with Gasteiger partial charge in [-0.05, 0) is 42.0 Å². The van der Waals surface area contributed by atoms with Gasteiger partial charge in [-0.2, -0.15) is 0 Å². The Bertz CT molecular complexity index is 832. The number of ether oxygens (including phenoxy) is 1. The van der Waals surface area contributed by atoms with Crippen LogP contribution in [0.25, 0.3) is 0 Å². The predicted octanol–water partition coefficient (Wildman–Crippen LogP) is 4.70. The first-order valence-corrected chi connectivity index (χ1v) is 8.04. The highest BCUT2D eigenvalue weighted by Gasteiger charge is 2.07. The third-order valence-electron chi connectivity index (χ3n) is 3.70. The van der Waals surface area contributed by atoms with Gasteiger partial charge in [0.15, 0.2) is 0 Å². The Morgan fingerprint density at radius 2 is 1.68 bits per heavy atom. The zero-order chi connectivity index (χ0) is 17.5. The summed E-state index contributed by atoms with van der Waals surface area (Å²) in [5.74, 6) is 0.0274. The van der Waals surface area contributed by atoms with Gasteiger partial charge in [0.05, 0.1) is 6.61 Å². The van der Waals surface area contributed by atoms with E-state index in [1.165, 1.54) is 29.8 Å². The average Bonchev–Trinajstić information content (AvgIpc) is 2.63. The Balaban J connectivity index is 1.57. The van der Waals surface area contributed by atoms with Crippen LogP contribution in [0.1, 0.15) is 15.9 Å². The van der Waals surface area contributed by atoms with E-state index in [1.807, 2.05) is 30.3 Å². The molecule has 0 aromatic heterocycles. The van der Waals surface area contributed by atoms with Gasteiger partial charge in [0.1, 0.15) is 11.6 Å². The quantitative estimate of drug-likeness (QED) is 0.709. The van der Waals surface area contributed by atoms with Crippen LogP contribution >= 0.6 is 0 Å². The molecule has 0 spiro atoms. The Labute approximate surface area is 146 Å². The van der Waals surface area contributed by atoms with Gasteiger partial charge in [-0.25, -0.2) is 4.39 Å². The molecule has 0 saturated carbocycles. The monoisotopic (exact) mass is 335 g/mol. The second kappa shape index (κ2) is 8.11. The first-order chi connectivity index (χ1) is 12.2. The summed E-state index contributed by atoms with van der Waals surface area (Å²) < 4.78 is 18.7. The molecule has 0 aliphatic rings. The van der Waals surface area contributed by atoms with Crippen molar-refractivity contribution in [2.24, 2.45) is 0 Å². The van der Waals surface area contributed by atoms with Crippen LogP contribution in [-0.4, -0.2) is 12.5 Å². The van der Waals surface area contributed by atoms with Crippen molar-refractivity contribution in [2.45, 2.75) is 6.42 Å². The van der Waals surface area contributed by atoms with Crippen LogP contribution in [0.2, 0.25) is 0 Å². The predicted molar refractivity (Wildman–Crippen MR) is 96.4 cm³/mol. The van der Waals surface area contributed by atoms with Gasteiger partial charge in [-0.3, -0.25) is 4.79 Å². The van der Waals surface area contributed by atoms with Crippen LogP contribution in [0.5, 0.6) is 5.75 Å². The second-order valence-electron chi connectivity index (χ2n) is 5.57. The summed E-state index contributed by atoms with van der Waals surface area (Å²) in [6.45, 7) is 0.555. The van der Waals surface area contributed by atoms with E-state index in [0.29, 0.717) is 23.6 Å². The number of carbonyl (C=O) groups excluding carboxylic acids is 1. The molecule has 3 nitrogen and oxygen atoms in total. The number of nitrogens with one attached hydrogen (secondary N) is 1. The molecule has 0 aliphatic carbocycles. The summed E-state index contributed by atoms with van der Waals surface area (Å²) in [5, 5.41) is 2.78. The van der Waals surface area contributed by atoms with Crippen LogP contribution in [0.4, 0.5) is 10.1 Å². The van der Waals surface area contributed by atoms with Crippen LogP contribution in [0, 0.1) is 5.82 Å². The topological polar surface area (TPSA) is 38.3 Å². The highest BCUT2D eigenvalue weighted by atomic mass is 19.1.